The highest BCUT2D eigenvalue weighted by atomic mass is 31.2. The van der Waals surface area contributed by atoms with Crippen LogP contribution in [0.25, 0.3) is 0 Å². The van der Waals surface area contributed by atoms with Gasteiger partial charge in [-0.1, -0.05) is 18.2 Å². The highest BCUT2D eigenvalue weighted by Crippen LogP contribution is 2.48. The van der Waals surface area contributed by atoms with Crippen LogP contribution in [0.15, 0.2) is 35.1 Å². The number of hydrogen-bond donors (Lipinski definition) is 5. The van der Waals surface area contributed by atoms with E-state index in [4.69, 9.17) is 14.8 Å². The third-order valence-corrected chi connectivity index (χ3v) is 6.21. The van der Waals surface area contributed by atoms with Crippen molar-refractivity contribution in [3.63, 3.8) is 0 Å². The molecule has 156 valence electrons. The molecule has 0 saturated heterocycles. The second kappa shape index (κ2) is 7.68. The molecule has 6 N–H and O–H groups in total. The summed E-state index contributed by atoms with van der Waals surface area (Å²) in [7, 11) is -4.33. The van der Waals surface area contributed by atoms with Crippen LogP contribution in [0.1, 0.15) is 6.42 Å². The normalized spacial score (nSPS) is 24.9. The molecule has 1 aromatic carbocycles. The molecule has 4 rings (SSSR count). The average molecular weight is 423 g/mol. The fourth-order valence-corrected chi connectivity index (χ4v) is 4.57. The number of rotatable bonds is 7. The average Bonchev–Trinajstić information content (AvgIpc) is 3.05. The molecule has 0 radical (unpaired) electrons. The standard InChI is InChI=1S/C17H22N5O6P/c18-17-20-15-14(16(24)21-17)19-9-22(15)13-6-10(7-23)12(13)8-27-29(25,26)28-11-4-2-1-3-5-11/h1-5,10,12-13,19,23H,6-9H2,(H,25,26)(H3,18,20,21,24)/t10-,12-,13-/m1/s1. The Balaban J connectivity index is 1.46. The molecule has 1 saturated carbocycles. The number of hydrogen-bond acceptors (Lipinski definition) is 9. The van der Waals surface area contributed by atoms with Crippen LogP contribution in [-0.4, -0.2) is 45.9 Å². The van der Waals surface area contributed by atoms with Crippen molar-refractivity contribution in [1.82, 2.24) is 9.97 Å². The minimum atomic E-state index is -4.33. The molecule has 0 bridgehead atoms. The number of phosphoric ester groups is 1. The van der Waals surface area contributed by atoms with Gasteiger partial charge in [-0.2, -0.15) is 4.98 Å². The predicted molar refractivity (Wildman–Crippen MR) is 106 cm³/mol. The molecule has 0 spiro atoms. The zero-order valence-corrected chi connectivity index (χ0v) is 16.3. The number of nitrogens with zero attached hydrogens (tertiary/aromatic N) is 2. The van der Waals surface area contributed by atoms with Crippen LogP contribution >= 0.6 is 7.82 Å². The van der Waals surface area contributed by atoms with Gasteiger partial charge < -0.3 is 25.6 Å². The maximum absolute atomic E-state index is 12.3. The van der Waals surface area contributed by atoms with Gasteiger partial charge in [0.1, 0.15) is 11.4 Å². The summed E-state index contributed by atoms with van der Waals surface area (Å²) in [6, 6.07) is 8.07. The van der Waals surface area contributed by atoms with Gasteiger partial charge in [-0.25, -0.2) is 4.57 Å². The monoisotopic (exact) mass is 423 g/mol. The Morgan fingerprint density at radius 1 is 1.34 bits per heavy atom. The minimum Gasteiger partial charge on any atom is -0.404 e. The Morgan fingerprint density at radius 2 is 2.10 bits per heavy atom. The molecule has 12 heteroatoms. The van der Waals surface area contributed by atoms with Crippen molar-refractivity contribution >= 4 is 25.3 Å². The van der Waals surface area contributed by atoms with E-state index in [2.05, 4.69) is 15.3 Å². The molecule has 29 heavy (non-hydrogen) atoms. The lowest BCUT2D eigenvalue weighted by molar-refractivity contribution is 0.0217. The summed E-state index contributed by atoms with van der Waals surface area (Å²) < 4.78 is 22.6. The third-order valence-electron chi connectivity index (χ3n) is 5.29. The van der Waals surface area contributed by atoms with Gasteiger partial charge in [0.2, 0.25) is 5.95 Å². The summed E-state index contributed by atoms with van der Waals surface area (Å²) in [5.74, 6) is 0.281. The fourth-order valence-electron chi connectivity index (χ4n) is 3.77. The Hall–Kier alpha value is -2.59. The van der Waals surface area contributed by atoms with E-state index in [-0.39, 0.29) is 48.3 Å². The topological polar surface area (TPSA) is 163 Å². The number of fused-ring (bicyclic) bond motifs is 1. The number of aliphatic hydroxyl groups excluding tert-OH is 1. The number of nitrogen functional groups attached to an aromatic ring is 1. The lowest BCUT2D eigenvalue weighted by Gasteiger charge is -2.48. The van der Waals surface area contributed by atoms with Crippen molar-refractivity contribution in [2.45, 2.75) is 12.5 Å². The van der Waals surface area contributed by atoms with E-state index in [0.29, 0.717) is 24.6 Å². The molecular formula is C17H22N5O6P. The Bertz CT molecular complexity index is 986. The summed E-state index contributed by atoms with van der Waals surface area (Å²) in [4.78, 5) is 30.6. The highest BCUT2D eigenvalue weighted by molar-refractivity contribution is 7.47. The largest absolute Gasteiger partial charge is 0.527 e. The number of aromatic nitrogens is 2. The number of anilines is 3. The van der Waals surface area contributed by atoms with Crippen molar-refractivity contribution in [3.8, 4) is 5.75 Å². The maximum Gasteiger partial charge on any atom is 0.527 e. The SMILES string of the molecule is Nc1nc2c(c(=O)[nH]1)NCN2[C@@H]1C[C@H](CO)[C@H]1COP(=O)(O)Oc1ccccc1. The van der Waals surface area contributed by atoms with Crippen LogP contribution < -0.4 is 26.0 Å². The second-order valence-corrected chi connectivity index (χ2v) is 8.41. The van der Waals surface area contributed by atoms with E-state index in [1.807, 2.05) is 4.90 Å². The zero-order chi connectivity index (χ0) is 20.6. The van der Waals surface area contributed by atoms with Gasteiger partial charge in [-0.3, -0.25) is 19.2 Å². The molecule has 4 atom stereocenters. The molecular weight excluding hydrogens is 401 g/mol. The first-order chi connectivity index (χ1) is 13.9. The number of aromatic amines is 1. The zero-order valence-electron chi connectivity index (χ0n) is 15.4. The van der Waals surface area contributed by atoms with Crippen LogP contribution in [0.4, 0.5) is 17.5 Å². The lowest BCUT2D eigenvalue weighted by atomic mass is 9.69. The van der Waals surface area contributed by atoms with Crippen molar-refractivity contribution in [1.29, 1.82) is 0 Å². The van der Waals surface area contributed by atoms with Crippen LogP contribution in [0.3, 0.4) is 0 Å². The van der Waals surface area contributed by atoms with Gasteiger partial charge in [0.25, 0.3) is 5.56 Å². The van der Waals surface area contributed by atoms with Crippen LogP contribution in [-0.2, 0) is 9.09 Å². The van der Waals surface area contributed by atoms with E-state index in [1.54, 1.807) is 30.3 Å². The van der Waals surface area contributed by atoms with Gasteiger partial charge in [0, 0.05) is 18.6 Å². The van der Waals surface area contributed by atoms with E-state index < -0.39 is 7.82 Å². The molecule has 1 aliphatic carbocycles. The summed E-state index contributed by atoms with van der Waals surface area (Å²) in [6.07, 6.45) is 0.620. The molecule has 2 aromatic rings. The molecule has 2 aliphatic rings. The Kier molecular flexibility index (Phi) is 5.22. The van der Waals surface area contributed by atoms with Gasteiger partial charge in [0.15, 0.2) is 5.82 Å². The third kappa shape index (κ3) is 3.95. The van der Waals surface area contributed by atoms with E-state index in [9.17, 15) is 19.4 Å². The van der Waals surface area contributed by atoms with Gasteiger partial charge in [0.05, 0.1) is 13.3 Å². The molecule has 2 heterocycles. The first-order valence-corrected chi connectivity index (χ1v) is 10.6. The van der Waals surface area contributed by atoms with Crippen molar-refractivity contribution in [2.75, 3.05) is 35.8 Å². The molecule has 1 aliphatic heterocycles. The first-order valence-electron chi connectivity index (χ1n) is 9.11. The van der Waals surface area contributed by atoms with Crippen molar-refractivity contribution in [2.24, 2.45) is 11.8 Å². The highest BCUT2D eigenvalue weighted by Gasteiger charge is 2.47. The van der Waals surface area contributed by atoms with Crippen LogP contribution in [0.5, 0.6) is 5.75 Å². The van der Waals surface area contributed by atoms with Gasteiger partial charge >= 0.3 is 7.82 Å². The molecule has 1 unspecified atom stereocenters. The minimum absolute atomic E-state index is 0.00408. The summed E-state index contributed by atoms with van der Waals surface area (Å²) >= 11 is 0. The van der Waals surface area contributed by atoms with Gasteiger partial charge in [-0.15, -0.1) is 0 Å². The van der Waals surface area contributed by atoms with Crippen LogP contribution in [0, 0.1) is 11.8 Å². The molecule has 1 fully saturated rings. The number of H-pyrrole nitrogens is 1. The Labute approximate surface area is 166 Å². The molecule has 0 amide bonds. The summed E-state index contributed by atoms with van der Waals surface area (Å²) in [5, 5.41) is 12.6. The number of nitrogens with one attached hydrogen (secondary N) is 2. The van der Waals surface area contributed by atoms with Crippen molar-refractivity contribution < 1.29 is 23.6 Å². The number of nitrogens with two attached hydrogens (primary N) is 1. The van der Waals surface area contributed by atoms with E-state index in [1.165, 1.54) is 0 Å². The Morgan fingerprint density at radius 3 is 2.83 bits per heavy atom. The molecule has 11 nitrogen and oxygen atoms in total. The first kappa shape index (κ1) is 19.7. The number of phosphoric acid groups is 1. The quantitative estimate of drug-likeness (QED) is 0.401. The van der Waals surface area contributed by atoms with Crippen molar-refractivity contribution in [3.05, 3.63) is 40.7 Å². The van der Waals surface area contributed by atoms with E-state index in [0.717, 1.165) is 0 Å². The number of para-hydroxylation sites is 1. The van der Waals surface area contributed by atoms with E-state index >= 15 is 0 Å². The smallest absolute Gasteiger partial charge is 0.404 e. The molecule has 1 aromatic heterocycles. The predicted octanol–water partition coefficient (Wildman–Crippen LogP) is 0.734. The fraction of sp³-hybridized carbons (Fsp3) is 0.412. The van der Waals surface area contributed by atoms with Gasteiger partial charge in [-0.05, 0) is 24.5 Å². The van der Waals surface area contributed by atoms with Crippen LogP contribution in [0.2, 0.25) is 0 Å². The summed E-state index contributed by atoms with van der Waals surface area (Å²) in [5.41, 5.74) is 5.62. The maximum atomic E-state index is 12.3. The number of benzene rings is 1. The summed E-state index contributed by atoms with van der Waals surface area (Å²) in [6.45, 7) is 0.158. The number of aliphatic hydroxyl groups is 1. The lowest BCUT2D eigenvalue weighted by Crippen LogP contribution is -2.55. The second-order valence-electron chi connectivity index (χ2n) is 7.03.